The van der Waals surface area contributed by atoms with Crippen molar-refractivity contribution in [3.8, 4) is 11.6 Å². The van der Waals surface area contributed by atoms with E-state index in [1.807, 2.05) is 12.4 Å². The summed E-state index contributed by atoms with van der Waals surface area (Å²) in [5.41, 5.74) is 10.5. The van der Waals surface area contributed by atoms with Gasteiger partial charge >= 0.3 is 0 Å². The summed E-state index contributed by atoms with van der Waals surface area (Å²) in [6.07, 6.45) is 3.84. The van der Waals surface area contributed by atoms with Crippen molar-refractivity contribution < 1.29 is 0 Å². The fourth-order valence-corrected chi connectivity index (χ4v) is 8.22. The Bertz CT molecular complexity index is 2970. The van der Waals surface area contributed by atoms with E-state index in [1.165, 1.54) is 21.9 Å². The molecule has 0 unspecified atom stereocenters. The molecule has 55 heavy (non-hydrogen) atoms. The zero-order chi connectivity index (χ0) is 38.1. The Labute approximate surface area is 322 Å². The van der Waals surface area contributed by atoms with Gasteiger partial charge in [-0.1, -0.05) is 143 Å². The van der Waals surface area contributed by atoms with Gasteiger partial charge in [-0.3, -0.25) is 9.13 Å². The van der Waals surface area contributed by atoms with Crippen molar-refractivity contribution in [1.29, 1.82) is 0 Å². The number of hydrogen-bond acceptors (Lipinski definition) is 2. The maximum Gasteiger partial charge on any atom is 0.231 e. The van der Waals surface area contributed by atoms with Gasteiger partial charge in [-0.2, -0.15) is 0 Å². The highest BCUT2D eigenvalue weighted by Crippen LogP contribution is 2.36. The third-order valence-corrected chi connectivity index (χ3v) is 11.1. The van der Waals surface area contributed by atoms with Crippen molar-refractivity contribution in [2.45, 2.75) is 52.4 Å². The lowest BCUT2D eigenvalue weighted by atomic mass is 9.36. The minimum absolute atomic E-state index is 0.0269. The fourth-order valence-electron chi connectivity index (χ4n) is 8.22. The number of hydrogen-bond donors (Lipinski definition) is 0. The Hall–Kier alpha value is -6.45. The summed E-state index contributed by atoms with van der Waals surface area (Å²) in [5.74, 6) is 1.76. The first-order valence-corrected chi connectivity index (χ1v) is 19.0. The Morgan fingerprint density at radius 3 is 1.56 bits per heavy atom. The number of aromatic nitrogens is 4. The van der Waals surface area contributed by atoms with E-state index < -0.39 is 0 Å². The van der Waals surface area contributed by atoms with Crippen molar-refractivity contribution in [2.75, 3.05) is 0 Å². The van der Waals surface area contributed by atoms with E-state index in [1.54, 1.807) is 0 Å². The normalized spacial score (nSPS) is 12.2. The topological polar surface area (TPSA) is 40.0 Å². The Kier molecular flexibility index (Phi) is 8.02. The minimum Gasteiger partial charge on any atom is -0.294 e. The van der Waals surface area contributed by atoms with Crippen molar-refractivity contribution in [2.24, 2.45) is 0 Å². The highest BCUT2D eigenvalue weighted by atomic mass is 15.1. The molecular formula is C49H42BN5. The molecule has 266 valence electrons. The second-order valence-corrected chi connectivity index (χ2v) is 16.7. The first-order chi connectivity index (χ1) is 26.5. The average Bonchev–Trinajstić information content (AvgIpc) is 3.69. The molecule has 0 aliphatic carbocycles. The van der Waals surface area contributed by atoms with Gasteiger partial charge in [0.1, 0.15) is 11.6 Å². The monoisotopic (exact) mass is 711 g/mol. The Balaban J connectivity index is 1.33. The van der Waals surface area contributed by atoms with E-state index in [2.05, 4.69) is 189 Å². The molecule has 9 rings (SSSR count). The summed E-state index contributed by atoms with van der Waals surface area (Å²) in [6, 6.07) is 47.5. The lowest BCUT2D eigenvalue weighted by Crippen LogP contribution is -2.52. The number of para-hydroxylation sites is 2. The van der Waals surface area contributed by atoms with Crippen LogP contribution in [0.15, 0.2) is 146 Å². The van der Waals surface area contributed by atoms with Gasteiger partial charge in [-0.25, -0.2) is 14.8 Å². The quantitative estimate of drug-likeness (QED) is 0.132. The highest BCUT2D eigenvalue weighted by molar-refractivity contribution is 6.96. The van der Waals surface area contributed by atoms with Gasteiger partial charge in [-0.05, 0) is 75.9 Å². The molecule has 0 saturated heterocycles. The molecule has 0 bridgehead atoms. The van der Waals surface area contributed by atoms with Gasteiger partial charge < -0.3 is 0 Å². The number of benzene rings is 5. The number of pyridine rings is 2. The third-order valence-electron chi connectivity index (χ3n) is 11.1. The molecule has 4 heterocycles. The van der Waals surface area contributed by atoms with Crippen molar-refractivity contribution in [3.05, 3.63) is 168 Å². The van der Waals surface area contributed by atoms with Crippen LogP contribution in [-0.4, -0.2) is 25.8 Å². The lowest BCUT2D eigenvalue weighted by Gasteiger charge is -2.21. The largest absolute Gasteiger partial charge is 0.294 e. The molecule has 0 N–H and O–H groups in total. The van der Waals surface area contributed by atoms with Gasteiger partial charge in [0.05, 0.1) is 28.6 Å². The van der Waals surface area contributed by atoms with Gasteiger partial charge in [0.15, 0.2) is 5.69 Å². The third kappa shape index (κ3) is 5.79. The molecule has 0 atom stereocenters. The Morgan fingerprint density at radius 1 is 0.491 bits per heavy atom. The maximum atomic E-state index is 8.57. The van der Waals surface area contributed by atoms with Crippen LogP contribution in [0.2, 0.25) is 0 Å². The predicted molar refractivity (Wildman–Crippen MR) is 232 cm³/mol. The summed E-state index contributed by atoms with van der Waals surface area (Å²) in [5, 5.41) is 4.49. The zero-order valence-electron chi connectivity index (χ0n) is 32.2. The average molecular weight is 712 g/mol. The molecule has 0 radical (unpaired) electrons. The predicted octanol–water partition coefficient (Wildman–Crippen LogP) is 10.3. The van der Waals surface area contributed by atoms with E-state index in [-0.39, 0.29) is 17.5 Å². The van der Waals surface area contributed by atoms with Crippen LogP contribution in [0, 0.1) is 6.57 Å². The molecule has 5 aromatic carbocycles. The molecular weight excluding hydrogens is 669 g/mol. The Morgan fingerprint density at radius 2 is 1.00 bits per heavy atom. The highest BCUT2D eigenvalue weighted by Gasteiger charge is 2.28. The van der Waals surface area contributed by atoms with E-state index in [0.717, 1.165) is 60.9 Å². The van der Waals surface area contributed by atoms with Crippen LogP contribution in [0.25, 0.3) is 60.1 Å². The van der Waals surface area contributed by atoms with E-state index in [4.69, 9.17) is 16.5 Å². The molecule has 0 saturated carbocycles. The fraction of sp³-hybridized carbons (Fsp3) is 0.163. The molecule has 9 aromatic rings. The maximum absolute atomic E-state index is 8.57. The van der Waals surface area contributed by atoms with Crippen LogP contribution in [0.4, 0.5) is 5.69 Å². The molecule has 0 spiro atoms. The summed E-state index contributed by atoms with van der Waals surface area (Å²) in [7, 11) is 0. The van der Waals surface area contributed by atoms with Crippen molar-refractivity contribution in [3.63, 3.8) is 0 Å². The number of rotatable bonds is 5. The van der Waals surface area contributed by atoms with Gasteiger partial charge in [-0.15, -0.1) is 0 Å². The first-order valence-electron chi connectivity index (χ1n) is 19.0. The van der Waals surface area contributed by atoms with E-state index >= 15 is 0 Å². The summed E-state index contributed by atoms with van der Waals surface area (Å²) < 4.78 is 4.57. The summed E-state index contributed by atoms with van der Waals surface area (Å²) in [4.78, 5) is 14.1. The number of nitrogens with zero attached hydrogens (tertiary/aromatic N) is 5. The van der Waals surface area contributed by atoms with Crippen molar-refractivity contribution in [1.82, 2.24) is 19.1 Å². The zero-order valence-corrected chi connectivity index (χ0v) is 32.2. The molecule has 0 amide bonds. The van der Waals surface area contributed by atoms with Gasteiger partial charge in [0, 0.05) is 28.6 Å². The smallest absolute Gasteiger partial charge is 0.231 e. The standard InChI is InChI=1S/C49H42BN5/c1-48(2,3)32-23-25-52-46(27-32)54-42-19-13-11-17-36(42)38-22-21-35(29-44(38)54)50(34-15-9-8-10-16-34)40-31-45-39(30-41(40)51-7)37-18-12-14-20-43(37)55(45)47-28-33(24-26-53-47)49(4,5)6/h8-31H,1-6H3. The molecule has 0 aliphatic rings. The van der Waals surface area contributed by atoms with Crippen LogP contribution < -0.4 is 16.4 Å². The molecule has 4 aromatic heterocycles. The SMILES string of the molecule is [C-]#[N+]c1cc2c3ccccc3n(-c3cc(C(C)(C)C)ccn3)c2cc1B(c1ccccc1)c1ccc2c3ccccc3n(-c3cc(C(C)(C)C)ccn3)c2c1. The van der Waals surface area contributed by atoms with Gasteiger partial charge in [0.2, 0.25) is 6.71 Å². The molecule has 0 fully saturated rings. The van der Waals surface area contributed by atoms with Crippen LogP contribution >= 0.6 is 0 Å². The minimum atomic E-state index is -0.222. The molecule has 5 nitrogen and oxygen atoms in total. The summed E-state index contributed by atoms with van der Waals surface area (Å²) >= 11 is 0. The second-order valence-electron chi connectivity index (χ2n) is 16.7. The second kappa shape index (κ2) is 12.9. The number of fused-ring (bicyclic) bond motifs is 6. The van der Waals surface area contributed by atoms with E-state index in [9.17, 15) is 0 Å². The first kappa shape index (κ1) is 34.3. The van der Waals surface area contributed by atoms with Crippen LogP contribution in [0.3, 0.4) is 0 Å². The van der Waals surface area contributed by atoms with Gasteiger partial charge in [0.25, 0.3) is 0 Å². The summed E-state index contributed by atoms with van der Waals surface area (Å²) in [6.45, 7) is 21.8. The lowest BCUT2D eigenvalue weighted by molar-refractivity contribution is 0.588. The molecule has 0 aliphatic heterocycles. The molecule has 6 heteroatoms. The van der Waals surface area contributed by atoms with Crippen LogP contribution in [0.1, 0.15) is 52.7 Å². The van der Waals surface area contributed by atoms with Crippen LogP contribution in [-0.2, 0) is 10.8 Å². The van der Waals surface area contributed by atoms with Crippen LogP contribution in [0.5, 0.6) is 0 Å². The van der Waals surface area contributed by atoms with E-state index in [0.29, 0.717) is 5.69 Å². The van der Waals surface area contributed by atoms with Crippen molar-refractivity contribution >= 4 is 72.4 Å².